The lowest BCUT2D eigenvalue weighted by Gasteiger charge is -2.25. The number of thiocarbonyl (C=S) groups is 1. The Balaban J connectivity index is 2.50. The van der Waals surface area contributed by atoms with Gasteiger partial charge in [0.25, 0.3) is 0 Å². The van der Waals surface area contributed by atoms with Crippen molar-refractivity contribution in [1.29, 1.82) is 0 Å². The molecule has 0 radical (unpaired) electrons. The Kier molecular flexibility index (Phi) is 5.14. The highest BCUT2D eigenvalue weighted by molar-refractivity contribution is 7.92. The molecule has 4 nitrogen and oxygen atoms in total. The third-order valence-corrected chi connectivity index (χ3v) is 6.08. The van der Waals surface area contributed by atoms with Gasteiger partial charge in [0.2, 0.25) is 0 Å². The van der Waals surface area contributed by atoms with Crippen molar-refractivity contribution in [2.45, 2.75) is 50.8 Å². The SMILES string of the molecule is CC(C)(C)S(=O)(=O)CCN(CCC(N)=S)C1CC1. The maximum atomic E-state index is 12.1. The van der Waals surface area contributed by atoms with Crippen LogP contribution < -0.4 is 5.73 Å². The maximum absolute atomic E-state index is 12.1. The number of rotatable bonds is 7. The minimum Gasteiger partial charge on any atom is -0.393 e. The van der Waals surface area contributed by atoms with Crippen LogP contribution in [0.15, 0.2) is 0 Å². The zero-order valence-corrected chi connectivity index (χ0v) is 13.1. The molecule has 6 heteroatoms. The summed E-state index contributed by atoms with van der Waals surface area (Å²) in [7, 11) is -3.04. The van der Waals surface area contributed by atoms with Gasteiger partial charge in [-0.3, -0.25) is 4.90 Å². The van der Waals surface area contributed by atoms with Gasteiger partial charge in [0.05, 0.1) is 15.5 Å². The van der Waals surface area contributed by atoms with Crippen LogP contribution in [0.3, 0.4) is 0 Å². The summed E-state index contributed by atoms with van der Waals surface area (Å²) in [6, 6.07) is 0.537. The van der Waals surface area contributed by atoms with Gasteiger partial charge in [-0.2, -0.15) is 0 Å². The minimum absolute atomic E-state index is 0.213. The van der Waals surface area contributed by atoms with Crippen molar-refractivity contribution >= 4 is 27.0 Å². The van der Waals surface area contributed by atoms with E-state index in [1.807, 2.05) is 0 Å². The van der Waals surface area contributed by atoms with Gasteiger partial charge in [0.1, 0.15) is 0 Å². The van der Waals surface area contributed by atoms with Gasteiger partial charge in [-0.25, -0.2) is 8.42 Å². The fraction of sp³-hybridized carbons (Fsp3) is 0.917. The minimum atomic E-state index is -3.04. The number of hydrogen-bond donors (Lipinski definition) is 1. The normalized spacial score (nSPS) is 17.1. The molecule has 106 valence electrons. The molecule has 18 heavy (non-hydrogen) atoms. The van der Waals surface area contributed by atoms with Gasteiger partial charge in [-0.1, -0.05) is 12.2 Å². The first-order valence-electron chi connectivity index (χ1n) is 6.38. The second-order valence-corrected chi connectivity index (χ2v) is 9.30. The highest BCUT2D eigenvalue weighted by Crippen LogP contribution is 2.27. The summed E-state index contributed by atoms with van der Waals surface area (Å²) in [6.07, 6.45) is 2.99. The van der Waals surface area contributed by atoms with Crippen LogP contribution in [0.1, 0.15) is 40.0 Å². The lowest BCUT2D eigenvalue weighted by Crippen LogP contribution is -2.38. The quantitative estimate of drug-likeness (QED) is 0.717. The van der Waals surface area contributed by atoms with E-state index < -0.39 is 14.6 Å². The third-order valence-electron chi connectivity index (χ3n) is 3.29. The summed E-state index contributed by atoms with van der Waals surface area (Å²) in [5, 5.41) is 0. The molecule has 2 N–H and O–H groups in total. The van der Waals surface area contributed by atoms with Crippen LogP contribution in [0.25, 0.3) is 0 Å². The maximum Gasteiger partial charge on any atom is 0.156 e. The van der Waals surface area contributed by atoms with E-state index in [1.165, 1.54) is 0 Å². The zero-order chi connectivity index (χ0) is 14.0. The van der Waals surface area contributed by atoms with Crippen molar-refractivity contribution in [3.63, 3.8) is 0 Å². The summed E-state index contributed by atoms with van der Waals surface area (Å²) >= 11 is 4.87. The standard InChI is InChI=1S/C12H24N2O2S2/c1-12(2,3)18(15,16)9-8-14(10-4-5-10)7-6-11(13)17/h10H,4-9H2,1-3H3,(H2,13,17). The van der Waals surface area contributed by atoms with Gasteiger partial charge in [0, 0.05) is 25.6 Å². The number of hydrogen-bond acceptors (Lipinski definition) is 4. The van der Waals surface area contributed by atoms with E-state index in [1.54, 1.807) is 20.8 Å². The lowest BCUT2D eigenvalue weighted by molar-refractivity contribution is 0.287. The van der Waals surface area contributed by atoms with Crippen LogP contribution in [0, 0.1) is 0 Å². The molecule has 0 aliphatic heterocycles. The Bertz CT molecular complexity index is 395. The molecule has 0 aromatic rings. The molecule has 0 spiro atoms. The molecule has 1 fully saturated rings. The van der Waals surface area contributed by atoms with Crippen molar-refractivity contribution in [3.05, 3.63) is 0 Å². The predicted molar refractivity (Wildman–Crippen MR) is 79.5 cm³/mol. The van der Waals surface area contributed by atoms with E-state index in [2.05, 4.69) is 4.90 Å². The summed E-state index contributed by atoms with van der Waals surface area (Å²) in [6.45, 7) is 6.61. The largest absolute Gasteiger partial charge is 0.393 e. The molecular formula is C12H24N2O2S2. The first-order valence-corrected chi connectivity index (χ1v) is 8.44. The predicted octanol–water partition coefficient (Wildman–Crippen LogP) is 1.34. The van der Waals surface area contributed by atoms with Crippen LogP contribution >= 0.6 is 12.2 Å². The van der Waals surface area contributed by atoms with Crippen molar-refractivity contribution in [1.82, 2.24) is 4.90 Å². The average Bonchev–Trinajstić information content (AvgIpc) is 2.99. The summed E-state index contributed by atoms with van der Waals surface area (Å²) in [5.74, 6) is 0.213. The second kappa shape index (κ2) is 5.84. The van der Waals surface area contributed by atoms with E-state index in [0.29, 0.717) is 24.0 Å². The monoisotopic (exact) mass is 292 g/mol. The third kappa shape index (κ3) is 4.82. The topological polar surface area (TPSA) is 63.4 Å². The van der Waals surface area contributed by atoms with E-state index in [4.69, 9.17) is 18.0 Å². The molecule has 0 saturated heterocycles. The molecule has 1 saturated carbocycles. The molecule has 1 aliphatic rings. The summed E-state index contributed by atoms with van der Waals surface area (Å²) < 4.78 is 23.4. The van der Waals surface area contributed by atoms with E-state index in [9.17, 15) is 8.42 Å². The molecule has 1 rings (SSSR count). The van der Waals surface area contributed by atoms with Gasteiger partial charge >= 0.3 is 0 Å². The molecule has 0 aromatic heterocycles. The van der Waals surface area contributed by atoms with Gasteiger partial charge in [-0.05, 0) is 33.6 Å². The number of nitrogens with two attached hydrogens (primary N) is 1. The van der Waals surface area contributed by atoms with Crippen LogP contribution in [0.5, 0.6) is 0 Å². The smallest absolute Gasteiger partial charge is 0.156 e. The Morgan fingerprint density at radius 1 is 1.33 bits per heavy atom. The van der Waals surface area contributed by atoms with E-state index in [-0.39, 0.29) is 5.75 Å². The van der Waals surface area contributed by atoms with Crippen LogP contribution in [-0.4, -0.2) is 47.9 Å². The molecular weight excluding hydrogens is 268 g/mol. The molecule has 0 bridgehead atoms. The van der Waals surface area contributed by atoms with Gasteiger partial charge in [0.15, 0.2) is 9.84 Å². The zero-order valence-electron chi connectivity index (χ0n) is 11.5. The number of sulfone groups is 1. The van der Waals surface area contributed by atoms with Crippen molar-refractivity contribution < 1.29 is 8.42 Å². The Morgan fingerprint density at radius 2 is 1.89 bits per heavy atom. The van der Waals surface area contributed by atoms with Crippen molar-refractivity contribution in [2.24, 2.45) is 5.73 Å². The molecule has 0 heterocycles. The molecule has 1 aliphatic carbocycles. The molecule has 0 unspecified atom stereocenters. The second-order valence-electron chi connectivity index (χ2n) is 5.91. The highest BCUT2D eigenvalue weighted by Gasteiger charge is 2.33. The Hall–Kier alpha value is -0.200. The highest BCUT2D eigenvalue weighted by atomic mass is 32.2. The number of nitrogens with zero attached hydrogens (tertiary/aromatic N) is 1. The Labute approximate surface area is 116 Å². The van der Waals surface area contributed by atoms with Gasteiger partial charge < -0.3 is 5.73 Å². The first-order chi connectivity index (χ1) is 8.13. The van der Waals surface area contributed by atoms with E-state index >= 15 is 0 Å². The van der Waals surface area contributed by atoms with Crippen LogP contribution in [-0.2, 0) is 9.84 Å². The fourth-order valence-electron chi connectivity index (χ4n) is 1.71. The molecule has 0 amide bonds. The summed E-state index contributed by atoms with van der Waals surface area (Å²) in [5.41, 5.74) is 5.50. The molecule has 0 aromatic carbocycles. The van der Waals surface area contributed by atoms with Gasteiger partial charge in [-0.15, -0.1) is 0 Å². The fourth-order valence-corrected chi connectivity index (χ4v) is 2.89. The Morgan fingerprint density at radius 3 is 2.28 bits per heavy atom. The summed E-state index contributed by atoms with van der Waals surface area (Å²) in [4.78, 5) is 2.71. The van der Waals surface area contributed by atoms with Crippen molar-refractivity contribution in [2.75, 3.05) is 18.8 Å². The lowest BCUT2D eigenvalue weighted by atomic mass is 10.3. The first kappa shape index (κ1) is 15.9. The van der Waals surface area contributed by atoms with Crippen molar-refractivity contribution in [3.8, 4) is 0 Å². The van der Waals surface area contributed by atoms with Crippen LogP contribution in [0.4, 0.5) is 0 Å². The average molecular weight is 292 g/mol. The van der Waals surface area contributed by atoms with Crippen LogP contribution in [0.2, 0.25) is 0 Å². The molecule has 0 atom stereocenters. The van der Waals surface area contributed by atoms with E-state index in [0.717, 1.165) is 19.4 Å².